The minimum absolute atomic E-state index is 0.0215. The molecule has 0 atom stereocenters. The Labute approximate surface area is 285 Å². The lowest BCUT2D eigenvalue weighted by atomic mass is 10.1. The van der Waals surface area contributed by atoms with Gasteiger partial charge in [-0.2, -0.15) is 4.99 Å². The van der Waals surface area contributed by atoms with Crippen molar-refractivity contribution in [2.24, 2.45) is 4.99 Å². The number of halogens is 4. The lowest BCUT2D eigenvalue weighted by molar-refractivity contribution is -0.115. The van der Waals surface area contributed by atoms with Gasteiger partial charge in [0.25, 0.3) is 11.8 Å². The zero-order valence-corrected chi connectivity index (χ0v) is 28.1. The number of benzene rings is 3. The van der Waals surface area contributed by atoms with Crippen LogP contribution in [0.3, 0.4) is 0 Å². The summed E-state index contributed by atoms with van der Waals surface area (Å²) < 4.78 is 46.9. The maximum atomic E-state index is 15.2. The molecule has 252 valence electrons. The van der Waals surface area contributed by atoms with E-state index in [1.807, 2.05) is 6.92 Å². The molecule has 1 heterocycles. The molecule has 0 aromatic heterocycles. The van der Waals surface area contributed by atoms with Gasteiger partial charge in [0, 0.05) is 41.4 Å². The van der Waals surface area contributed by atoms with Crippen molar-refractivity contribution in [3.05, 3.63) is 106 Å². The summed E-state index contributed by atoms with van der Waals surface area (Å²) in [7, 11) is 1.58. The number of amides is 4. The number of anilines is 2. The number of aryl methyl sites for hydroxylation is 1. The second kappa shape index (κ2) is 15.6. The topological polar surface area (TPSA) is 115 Å². The number of hydrogen-bond donors (Lipinski definition) is 2. The molecule has 3 aromatic carbocycles. The van der Waals surface area contributed by atoms with E-state index in [0.29, 0.717) is 34.0 Å². The van der Waals surface area contributed by atoms with Crippen molar-refractivity contribution in [1.29, 1.82) is 5.41 Å². The van der Waals surface area contributed by atoms with Crippen molar-refractivity contribution < 1.29 is 32.3 Å². The van der Waals surface area contributed by atoms with E-state index in [0.717, 1.165) is 30.3 Å². The van der Waals surface area contributed by atoms with Crippen LogP contribution in [0.2, 0.25) is 5.02 Å². The van der Waals surface area contributed by atoms with E-state index in [4.69, 9.17) is 21.7 Å². The molecule has 14 heteroatoms. The first-order valence-electron chi connectivity index (χ1n) is 14.7. The third-order valence-corrected chi connectivity index (χ3v) is 8.25. The lowest BCUT2D eigenvalue weighted by Crippen LogP contribution is -2.31. The number of amidine groups is 1. The molecule has 0 bridgehead atoms. The fourth-order valence-electron chi connectivity index (χ4n) is 4.64. The summed E-state index contributed by atoms with van der Waals surface area (Å²) in [4.78, 5) is 45.3. The van der Waals surface area contributed by atoms with Crippen LogP contribution < -0.4 is 10.2 Å². The van der Waals surface area contributed by atoms with Crippen molar-refractivity contribution in [2.45, 2.75) is 39.7 Å². The van der Waals surface area contributed by atoms with Crippen LogP contribution in [-0.4, -0.2) is 59.0 Å². The van der Waals surface area contributed by atoms with Crippen LogP contribution >= 0.6 is 23.4 Å². The minimum atomic E-state index is -3.03. The summed E-state index contributed by atoms with van der Waals surface area (Å²) >= 11 is 6.92. The van der Waals surface area contributed by atoms with Crippen molar-refractivity contribution >= 4 is 63.5 Å². The summed E-state index contributed by atoms with van der Waals surface area (Å²) in [5.41, 5.74) is 2.43. The van der Waals surface area contributed by atoms with Gasteiger partial charge >= 0.3 is 6.03 Å². The monoisotopic (exact) mass is 699 g/mol. The molecule has 1 saturated heterocycles. The zero-order chi connectivity index (χ0) is 35.2. The molecule has 3 aromatic rings. The quantitative estimate of drug-likeness (QED) is 0.197. The first-order chi connectivity index (χ1) is 22.7. The smallest absolute Gasteiger partial charge is 0.347 e. The van der Waals surface area contributed by atoms with E-state index in [1.54, 1.807) is 56.4 Å². The number of carbonyl (C=O) groups excluding carboxylic acids is 3. The standard InChI is InChI=1S/C34H33ClF3N5O4S/c1-5-25(42(4)31(45)21-8-11-24(35)12-9-21)16-27(39)22-10-13-28(26(36)15-22)40-32(46)41-33-43(30(44)18-48-33)29-14-20(2)6-7-23(29)17-47-19-34(3,37)38/h6-16,39H,5,17-19H2,1-4H3,(H,40,46)/b25-16+,39-27?,41-33-. The summed E-state index contributed by atoms with van der Waals surface area (Å²) in [5.74, 6) is -4.57. The normalized spacial score (nSPS) is 14.4. The van der Waals surface area contributed by atoms with E-state index in [9.17, 15) is 23.2 Å². The average molecular weight is 700 g/mol. The van der Waals surface area contributed by atoms with Gasteiger partial charge in [-0.25, -0.2) is 18.0 Å². The number of alkyl halides is 2. The van der Waals surface area contributed by atoms with E-state index >= 15 is 4.39 Å². The van der Waals surface area contributed by atoms with Gasteiger partial charge < -0.3 is 20.4 Å². The Hall–Kier alpha value is -4.46. The highest BCUT2D eigenvalue weighted by molar-refractivity contribution is 8.15. The van der Waals surface area contributed by atoms with Gasteiger partial charge in [0.1, 0.15) is 12.4 Å². The molecule has 2 N–H and O–H groups in total. The van der Waals surface area contributed by atoms with Crippen molar-refractivity contribution in [2.75, 3.05) is 29.6 Å². The fourth-order valence-corrected chi connectivity index (χ4v) is 5.63. The molecule has 0 spiro atoms. The third-order valence-electron chi connectivity index (χ3n) is 7.08. The van der Waals surface area contributed by atoms with E-state index in [-0.39, 0.29) is 46.3 Å². The van der Waals surface area contributed by atoms with E-state index < -0.39 is 24.4 Å². The summed E-state index contributed by atoms with van der Waals surface area (Å²) in [5, 5.41) is 11.4. The largest absolute Gasteiger partial charge is 0.370 e. The first kappa shape index (κ1) is 36.4. The Morgan fingerprint density at radius 2 is 1.83 bits per heavy atom. The Kier molecular flexibility index (Phi) is 11.8. The molecule has 0 unspecified atom stereocenters. The van der Waals surface area contributed by atoms with Crippen LogP contribution in [0.25, 0.3) is 0 Å². The Balaban J connectivity index is 1.49. The highest BCUT2D eigenvalue weighted by atomic mass is 35.5. The van der Waals surface area contributed by atoms with E-state index in [1.165, 1.54) is 28.0 Å². The van der Waals surface area contributed by atoms with Crippen LogP contribution in [0.5, 0.6) is 0 Å². The molecular weight excluding hydrogens is 667 g/mol. The van der Waals surface area contributed by atoms with Gasteiger partial charge in [0.15, 0.2) is 5.17 Å². The highest BCUT2D eigenvalue weighted by Crippen LogP contribution is 2.32. The maximum Gasteiger partial charge on any atom is 0.347 e. The highest BCUT2D eigenvalue weighted by Gasteiger charge is 2.32. The summed E-state index contributed by atoms with van der Waals surface area (Å²) in [6, 6.07) is 14.3. The Bertz CT molecular complexity index is 1790. The van der Waals surface area contributed by atoms with Gasteiger partial charge in [0.05, 0.1) is 29.4 Å². The van der Waals surface area contributed by atoms with Crippen LogP contribution in [0.15, 0.2) is 77.4 Å². The molecule has 4 amide bonds. The Morgan fingerprint density at radius 1 is 1.15 bits per heavy atom. The maximum absolute atomic E-state index is 15.2. The number of nitrogens with zero attached hydrogens (tertiary/aromatic N) is 3. The van der Waals surface area contributed by atoms with Crippen molar-refractivity contribution in [3.8, 4) is 0 Å². The van der Waals surface area contributed by atoms with Crippen molar-refractivity contribution in [3.63, 3.8) is 0 Å². The van der Waals surface area contributed by atoms with Gasteiger partial charge in [-0.15, -0.1) is 0 Å². The predicted octanol–water partition coefficient (Wildman–Crippen LogP) is 8.06. The second-order valence-corrected chi connectivity index (χ2v) is 12.4. The first-order valence-corrected chi connectivity index (χ1v) is 16.1. The SMILES string of the molecule is CC/C(=C\C(=N)c1ccc(NC(=O)/N=C2\SCC(=O)N2c2cc(C)ccc2COCC(C)(F)F)c(F)c1)N(C)C(=O)c1ccc(Cl)cc1. The molecule has 9 nitrogen and oxygen atoms in total. The number of ether oxygens (including phenoxy) is 1. The number of allylic oxidation sites excluding steroid dienone is 2. The number of thioether (sulfide) groups is 1. The molecule has 1 aliphatic rings. The molecule has 0 radical (unpaired) electrons. The number of urea groups is 1. The number of rotatable bonds is 11. The molecular formula is C34H33ClF3N5O4S. The predicted molar refractivity (Wildman–Crippen MR) is 183 cm³/mol. The second-order valence-electron chi connectivity index (χ2n) is 11.0. The Morgan fingerprint density at radius 3 is 2.48 bits per heavy atom. The van der Waals surface area contributed by atoms with E-state index in [2.05, 4.69) is 10.3 Å². The summed E-state index contributed by atoms with van der Waals surface area (Å²) in [6.07, 6.45) is 1.88. The molecule has 1 aliphatic heterocycles. The number of nitrogens with one attached hydrogen (secondary N) is 2. The fraction of sp³-hybridized carbons (Fsp3) is 0.265. The van der Waals surface area contributed by atoms with Crippen LogP contribution in [-0.2, 0) is 16.1 Å². The van der Waals surface area contributed by atoms with Crippen LogP contribution in [0.1, 0.15) is 47.3 Å². The van der Waals surface area contributed by atoms with Gasteiger partial charge in [-0.1, -0.05) is 48.5 Å². The molecule has 1 fully saturated rings. The van der Waals surface area contributed by atoms with Gasteiger partial charge in [-0.3, -0.25) is 14.5 Å². The van der Waals surface area contributed by atoms with Gasteiger partial charge in [0.2, 0.25) is 5.91 Å². The zero-order valence-electron chi connectivity index (χ0n) is 26.6. The molecule has 48 heavy (non-hydrogen) atoms. The molecule has 0 aliphatic carbocycles. The van der Waals surface area contributed by atoms with Crippen LogP contribution in [0.4, 0.5) is 29.3 Å². The minimum Gasteiger partial charge on any atom is -0.370 e. The average Bonchev–Trinajstić information content (AvgIpc) is 3.39. The number of aliphatic imine (C=N–C) groups is 1. The van der Waals surface area contributed by atoms with Crippen LogP contribution in [0, 0.1) is 18.2 Å². The van der Waals surface area contributed by atoms with Gasteiger partial charge in [-0.05, 0) is 67.4 Å². The molecule has 0 saturated carbocycles. The third kappa shape index (κ3) is 9.33. The van der Waals surface area contributed by atoms with Crippen molar-refractivity contribution in [1.82, 2.24) is 4.90 Å². The molecule has 4 rings (SSSR count). The number of carbonyl (C=O) groups is 3. The summed E-state index contributed by atoms with van der Waals surface area (Å²) in [6.45, 7) is 3.33. The lowest BCUT2D eigenvalue weighted by Gasteiger charge is -2.21. The number of hydrogen-bond acceptors (Lipinski definition) is 6.